The van der Waals surface area contributed by atoms with E-state index in [0.29, 0.717) is 22.6 Å². The third-order valence-corrected chi connectivity index (χ3v) is 2.43. The second-order valence-electron chi connectivity index (χ2n) is 4.10. The fourth-order valence-electron chi connectivity index (χ4n) is 1.35. The Morgan fingerprint density at radius 2 is 1.83 bits per heavy atom. The maximum Gasteiger partial charge on any atom is 0.224 e. The summed E-state index contributed by atoms with van der Waals surface area (Å²) < 4.78 is 18.3. The van der Waals surface area contributed by atoms with Gasteiger partial charge in [-0.3, -0.25) is 0 Å². The van der Waals surface area contributed by atoms with E-state index >= 15 is 0 Å². The van der Waals surface area contributed by atoms with Crippen LogP contribution in [-0.2, 0) is 0 Å². The Hall–Kier alpha value is -1.68. The third-order valence-electron chi connectivity index (χ3n) is 2.24. The lowest BCUT2D eigenvalue weighted by Crippen LogP contribution is -1.99. The van der Waals surface area contributed by atoms with Crippen LogP contribution in [0.25, 0.3) is 0 Å². The highest BCUT2D eigenvalue weighted by atomic mass is 35.5. The fourth-order valence-corrected chi connectivity index (χ4v) is 1.53. The molecule has 1 aromatic heterocycles. The molecular weight excluding hydrogens is 255 g/mol. The molecule has 0 unspecified atom stereocenters. The molecule has 0 N–H and O–H groups in total. The van der Waals surface area contributed by atoms with Crippen LogP contribution in [0.3, 0.4) is 0 Å². The Morgan fingerprint density at radius 3 is 2.44 bits per heavy atom. The van der Waals surface area contributed by atoms with Gasteiger partial charge in [0.2, 0.25) is 5.88 Å². The van der Waals surface area contributed by atoms with Gasteiger partial charge in [0.1, 0.15) is 22.5 Å². The topological polar surface area (TPSA) is 35.0 Å². The number of rotatable bonds is 3. The number of hydrogen-bond acceptors (Lipinski definition) is 3. The first-order chi connectivity index (χ1) is 8.54. The summed E-state index contributed by atoms with van der Waals surface area (Å²) in [4.78, 5) is 8.34. The standard InChI is InChI=1S/C13H12ClFN2O/c1-8(2)13-16-11(14)7-12(17-13)18-10-5-3-9(15)4-6-10/h3-8H,1-2H3. The molecule has 5 heteroatoms. The predicted octanol–water partition coefficient (Wildman–Crippen LogP) is 4.18. The van der Waals surface area contributed by atoms with Crippen molar-refractivity contribution in [3.8, 4) is 11.6 Å². The summed E-state index contributed by atoms with van der Waals surface area (Å²) >= 11 is 5.89. The van der Waals surface area contributed by atoms with Crippen LogP contribution in [0.4, 0.5) is 4.39 Å². The molecule has 0 aliphatic heterocycles. The van der Waals surface area contributed by atoms with Crippen LogP contribution in [-0.4, -0.2) is 9.97 Å². The summed E-state index contributed by atoms with van der Waals surface area (Å²) in [6.45, 7) is 3.93. The zero-order valence-electron chi connectivity index (χ0n) is 10.0. The van der Waals surface area contributed by atoms with Gasteiger partial charge in [0.15, 0.2) is 0 Å². The summed E-state index contributed by atoms with van der Waals surface area (Å²) in [5.74, 6) is 1.30. The van der Waals surface area contributed by atoms with Crippen molar-refractivity contribution >= 4 is 11.6 Å². The molecule has 0 spiro atoms. The molecule has 0 bridgehead atoms. The second-order valence-corrected chi connectivity index (χ2v) is 4.49. The van der Waals surface area contributed by atoms with E-state index in [0.717, 1.165) is 0 Å². The van der Waals surface area contributed by atoms with Gasteiger partial charge in [-0.05, 0) is 24.3 Å². The van der Waals surface area contributed by atoms with E-state index in [4.69, 9.17) is 16.3 Å². The number of halogens is 2. The molecule has 0 atom stereocenters. The molecule has 0 aliphatic carbocycles. The minimum absolute atomic E-state index is 0.152. The van der Waals surface area contributed by atoms with Gasteiger partial charge < -0.3 is 4.74 Å². The second kappa shape index (κ2) is 5.31. The zero-order chi connectivity index (χ0) is 13.1. The average Bonchev–Trinajstić information content (AvgIpc) is 2.31. The van der Waals surface area contributed by atoms with Gasteiger partial charge in [0, 0.05) is 12.0 Å². The quantitative estimate of drug-likeness (QED) is 0.782. The number of aromatic nitrogens is 2. The SMILES string of the molecule is CC(C)c1nc(Cl)cc(Oc2ccc(F)cc2)n1. The van der Waals surface area contributed by atoms with Gasteiger partial charge in [0.25, 0.3) is 0 Å². The van der Waals surface area contributed by atoms with Crippen molar-refractivity contribution in [1.29, 1.82) is 0 Å². The molecule has 1 aromatic carbocycles. The molecule has 0 aliphatic rings. The van der Waals surface area contributed by atoms with Gasteiger partial charge >= 0.3 is 0 Å². The van der Waals surface area contributed by atoms with Crippen LogP contribution in [0.2, 0.25) is 5.15 Å². The van der Waals surface area contributed by atoms with E-state index in [1.807, 2.05) is 13.8 Å². The highest BCUT2D eigenvalue weighted by Crippen LogP contribution is 2.23. The highest BCUT2D eigenvalue weighted by molar-refractivity contribution is 6.29. The number of hydrogen-bond donors (Lipinski definition) is 0. The van der Waals surface area contributed by atoms with Crippen molar-refractivity contribution in [3.63, 3.8) is 0 Å². The summed E-state index contributed by atoms with van der Waals surface area (Å²) in [6, 6.07) is 7.22. The number of benzene rings is 1. The lowest BCUT2D eigenvalue weighted by atomic mass is 10.2. The van der Waals surface area contributed by atoms with Crippen LogP contribution in [0.5, 0.6) is 11.6 Å². The van der Waals surface area contributed by atoms with Gasteiger partial charge in [-0.15, -0.1) is 0 Å². The molecule has 18 heavy (non-hydrogen) atoms. The summed E-state index contributed by atoms with van der Waals surface area (Å²) in [5, 5.41) is 0.325. The van der Waals surface area contributed by atoms with Crippen molar-refractivity contribution in [2.24, 2.45) is 0 Å². The summed E-state index contributed by atoms with van der Waals surface area (Å²) in [5.41, 5.74) is 0. The van der Waals surface area contributed by atoms with Gasteiger partial charge in [0.05, 0.1) is 0 Å². The van der Waals surface area contributed by atoms with E-state index in [1.165, 1.54) is 30.3 Å². The molecule has 0 saturated heterocycles. The van der Waals surface area contributed by atoms with Crippen LogP contribution in [0.1, 0.15) is 25.6 Å². The first kappa shape index (κ1) is 12.8. The van der Waals surface area contributed by atoms with Crippen LogP contribution >= 0.6 is 11.6 Å². The maximum absolute atomic E-state index is 12.8. The van der Waals surface area contributed by atoms with E-state index < -0.39 is 0 Å². The molecular formula is C13H12ClFN2O. The molecule has 1 heterocycles. The van der Waals surface area contributed by atoms with Crippen molar-refractivity contribution in [1.82, 2.24) is 9.97 Å². The first-order valence-electron chi connectivity index (χ1n) is 5.52. The van der Waals surface area contributed by atoms with E-state index in [1.54, 1.807) is 0 Å². The molecule has 94 valence electrons. The molecule has 0 saturated carbocycles. The largest absolute Gasteiger partial charge is 0.439 e. The summed E-state index contributed by atoms with van der Waals surface area (Å²) in [6.07, 6.45) is 0. The lowest BCUT2D eigenvalue weighted by molar-refractivity contribution is 0.455. The Labute approximate surface area is 110 Å². The Bertz CT molecular complexity index is 543. The van der Waals surface area contributed by atoms with Gasteiger partial charge in [-0.1, -0.05) is 25.4 Å². The summed E-state index contributed by atoms with van der Waals surface area (Å²) in [7, 11) is 0. The van der Waals surface area contributed by atoms with Gasteiger partial charge in [-0.25, -0.2) is 9.37 Å². The van der Waals surface area contributed by atoms with Crippen molar-refractivity contribution < 1.29 is 9.13 Å². The minimum atomic E-state index is -0.314. The van der Waals surface area contributed by atoms with Crippen molar-refractivity contribution in [2.75, 3.05) is 0 Å². The number of ether oxygens (including phenoxy) is 1. The molecule has 0 amide bonds. The lowest BCUT2D eigenvalue weighted by Gasteiger charge is -2.08. The highest BCUT2D eigenvalue weighted by Gasteiger charge is 2.08. The monoisotopic (exact) mass is 266 g/mol. The smallest absolute Gasteiger partial charge is 0.224 e. The van der Waals surface area contributed by atoms with E-state index in [-0.39, 0.29) is 11.7 Å². The number of nitrogens with zero attached hydrogens (tertiary/aromatic N) is 2. The maximum atomic E-state index is 12.8. The van der Waals surface area contributed by atoms with Gasteiger partial charge in [-0.2, -0.15) is 4.98 Å². The van der Waals surface area contributed by atoms with E-state index in [2.05, 4.69) is 9.97 Å². The minimum Gasteiger partial charge on any atom is -0.439 e. The Morgan fingerprint density at radius 1 is 1.17 bits per heavy atom. The van der Waals surface area contributed by atoms with Crippen LogP contribution < -0.4 is 4.74 Å². The van der Waals surface area contributed by atoms with Crippen molar-refractivity contribution in [2.45, 2.75) is 19.8 Å². The normalized spacial score (nSPS) is 10.7. The van der Waals surface area contributed by atoms with Crippen molar-refractivity contribution in [3.05, 3.63) is 47.1 Å². The van der Waals surface area contributed by atoms with Crippen LogP contribution in [0, 0.1) is 5.82 Å². The third kappa shape index (κ3) is 3.17. The fraction of sp³-hybridized carbons (Fsp3) is 0.231. The molecule has 3 nitrogen and oxygen atoms in total. The molecule has 0 fully saturated rings. The molecule has 0 radical (unpaired) electrons. The Balaban J connectivity index is 2.26. The molecule has 2 rings (SSSR count). The van der Waals surface area contributed by atoms with Crippen LogP contribution in [0.15, 0.2) is 30.3 Å². The Kier molecular flexibility index (Phi) is 3.77. The predicted molar refractivity (Wildman–Crippen MR) is 67.6 cm³/mol. The molecule has 2 aromatic rings. The zero-order valence-corrected chi connectivity index (χ0v) is 10.8. The van der Waals surface area contributed by atoms with E-state index in [9.17, 15) is 4.39 Å². The first-order valence-corrected chi connectivity index (χ1v) is 5.90. The average molecular weight is 267 g/mol.